The van der Waals surface area contributed by atoms with Gasteiger partial charge in [0, 0.05) is 24.3 Å². The molecule has 1 aromatic rings. The Morgan fingerprint density at radius 1 is 1.54 bits per heavy atom. The summed E-state index contributed by atoms with van der Waals surface area (Å²) in [6.07, 6.45) is 2.56. The van der Waals surface area contributed by atoms with Crippen LogP contribution in [-0.4, -0.2) is 22.6 Å². The number of nitrogens with one attached hydrogen (secondary N) is 1. The third kappa shape index (κ3) is 2.99. The highest BCUT2D eigenvalue weighted by molar-refractivity contribution is 5.35. The average molecular weight is 180 g/mol. The van der Waals surface area contributed by atoms with E-state index >= 15 is 0 Å². The first-order valence-corrected chi connectivity index (χ1v) is 4.51. The maximum atomic E-state index is 5.56. The average Bonchev–Trinajstić information content (AvgIpc) is 2.14. The molecule has 0 radical (unpaired) electrons. The number of nitrogens with two attached hydrogens (primary N) is 1. The van der Waals surface area contributed by atoms with Gasteiger partial charge in [0.2, 0.25) is 0 Å². The van der Waals surface area contributed by atoms with Gasteiger partial charge in [-0.3, -0.25) is 0 Å². The van der Waals surface area contributed by atoms with Gasteiger partial charge in [-0.1, -0.05) is 6.92 Å². The molecular weight excluding hydrogens is 164 g/mol. The third-order valence-corrected chi connectivity index (χ3v) is 1.93. The maximum Gasteiger partial charge on any atom is 0.129 e. The number of aryl methyl sites for hydroxylation is 1. The van der Waals surface area contributed by atoms with Crippen LogP contribution in [0.1, 0.15) is 19.0 Å². The van der Waals surface area contributed by atoms with Crippen molar-refractivity contribution in [2.24, 2.45) is 5.73 Å². The topological polar surface area (TPSA) is 63.8 Å². The summed E-state index contributed by atoms with van der Waals surface area (Å²) < 4.78 is 0. The fourth-order valence-electron chi connectivity index (χ4n) is 1.07. The van der Waals surface area contributed by atoms with E-state index in [2.05, 4.69) is 22.2 Å². The molecule has 0 saturated carbocycles. The molecule has 0 aliphatic rings. The molecule has 72 valence electrons. The second kappa shape index (κ2) is 4.77. The van der Waals surface area contributed by atoms with Crippen molar-refractivity contribution in [3.63, 3.8) is 0 Å². The minimum Gasteiger partial charge on any atom is -0.366 e. The van der Waals surface area contributed by atoms with Crippen LogP contribution >= 0.6 is 0 Å². The van der Waals surface area contributed by atoms with E-state index < -0.39 is 0 Å². The molecule has 0 aromatic carbocycles. The lowest BCUT2D eigenvalue weighted by Crippen LogP contribution is -2.28. The van der Waals surface area contributed by atoms with Crippen molar-refractivity contribution in [3.8, 4) is 0 Å². The molecule has 1 aromatic heterocycles. The van der Waals surface area contributed by atoms with Crippen LogP contribution in [0.15, 0.2) is 12.4 Å². The molecular formula is C9H16N4. The molecule has 0 aliphatic carbocycles. The van der Waals surface area contributed by atoms with Crippen LogP contribution in [0.3, 0.4) is 0 Å². The van der Waals surface area contributed by atoms with Crippen LogP contribution in [0.4, 0.5) is 5.82 Å². The normalized spacial score (nSPS) is 12.5. The Kier molecular flexibility index (Phi) is 3.64. The molecule has 1 unspecified atom stereocenters. The highest BCUT2D eigenvalue weighted by atomic mass is 15.0. The molecule has 0 bridgehead atoms. The number of nitrogens with zero attached hydrogens (tertiary/aromatic N) is 2. The summed E-state index contributed by atoms with van der Waals surface area (Å²) in [5.41, 5.74) is 6.53. The molecule has 0 saturated heterocycles. The Morgan fingerprint density at radius 2 is 2.31 bits per heavy atom. The van der Waals surface area contributed by atoms with E-state index in [1.807, 2.05) is 13.0 Å². The van der Waals surface area contributed by atoms with Gasteiger partial charge in [-0.15, -0.1) is 0 Å². The summed E-state index contributed by atoms with van der Waals surface area (Å²) in [5.74, 6) is 0.852. The molecule has 4 heteroatoms. The van der Waals surface area contributed by atoms with Crippen LogP contribution in [0.25, 0.3) is 0 Å². The lowest BCUT2D eigenvalue weighted by atomic mass is 10.2. The van der Waals surface area contributed by atoms with Crippen LogP contribution in [0, 0.1) is 6.92 Å². The Labute approximate surface area is 78.6 Å². The van der Waals surface area contributed by atoms with Gasteiger partial charge in [0.25, 0.3) is 0 Å². The van der Waals surface area contributed by atoms with E-state index in [1.165, 1.54) is 0 Å². The molecule has 4 nitrogen and oxygen atoms in total. The monoisotopic (exact) mass is 180 g/mol. The van der Waals surface area contributed by atoms with E-state index in [0.717, 1.165) is 17.9 Å². The van der Waals surface area contributed by atoms with Gasteiger partial charge in [-0.2, -0.15) is 0 Å². The molecule has 0 fully saturated rings. The standard InChI is InChI=1S/C9H16N4/c1-3-8(5-10)13-9-4-7(2)11-6-12-9/h4,6,8H,3,5,10H2,1-2H3,(H,11,12,13). The summed E-state index contributed by atoms with van der Waals surface area (Å²) in [6.45, 7) is 4.66. The van der Waals surface area contributed by atoms with Crippen molar-refractivity contribution >= 4 is 5.82 Å². The molecule has 1 rings (SSSR count). The van der Waals surface area contributed by atoms with Crippen molar-refractivity contribution in [1.82, 2.24) is 9.97 Å². The minimum absolute atomic E-state index is 0.300. The zero-order valence-corrected chi connectivity index (χ0v) is 8.12. The smallest absolute Gasteiger partial charge is 0.129 e. The van der Waals surface area contributed by atoms with Gasteiger partial charge in [-0.25, -0.2) is 9.97 Å². The summed E-state index contributed by atoms with van der Waals surface area (Å²) in [5, 5.41) is 3.24. The van der Waals surface area contributed by atoms with Gasteiger partial charge in [0.05, 0.1) is 0 Å². The first kappa shape index (κ1) is 9.92. The van der Waals surface area contributed by atoms with Crippen LogP contribution in [0.2, 0.25) is 0 Å². The van der Waals surface area contributed by atoms with Gasteiger partial charge in [-0.05, 0) is 13.3 Å². The molecule has 3 N–H and O–H groups in total. The largest absolute Gasteiger partial charge is 0.366 e. The molecule has 13 heavy (non-hydrogen) atoms. The van der Waals surface area contributed by atoms with Gasteiger partial charge < -0.3 is 11.1 Å². The van der Waals surface area contributed by atoms with E-state index in [1.54, 1.807) is 6.33 Å². The Balaban J connectivity index is 2.62. The van der Waals surface area contributed by atoms with Crippen molar-refractivity contribution in [2.75, 3.05) is 11.9 Å². The fraction of sp³-hybridized carbons (Fsp3) is 0.556. The molecule has 1 heterocycles. The summed E-state index contributed by atoms with van der Waals surface area (Å²) >= 11 is 0. The second-order valence-electron chi connectivity index (χ2n) is 3.03. The zero-order valence-electron chi connectivity index (χ0n) is 8.12. The van der Waals surface area contributed by atoms with Crippen molar-refractivity contribution in [2.45, 2.75) is 26.3 Å². The number of hydrogen-bond acceptors (Lipinski definition) is 4. The van der Waals surface area contributed by atoms with E-state index in [-0.39, 0.29) is 0 Å². The van der Waals surface area contributed by atoms with E-state index in [9.17, 15) is 0 Å². The first-order chi connectivity index (χ1) is 6.26. The number of rotatable bonds is 4. The predicted molar refractivity (Wildman–Crippen MR) is 53.5 cm³/mol. The predicted octanol–water partition coefficient (Wildman–Crippen LogP) is 0.934. The van der Waals surface area contributed by atoms with Crippen LogP contribution < -0.4 is 11.1 Å². The number of aromatic nitrogens is 2. The molecule has 0 amide bonds. The highest BCUT2D eigenvalue weighted by Gasteiger charge is 2.03. The van der Waals surface area contributed by atoms with E-state index in [0.29, 0.717) is 12.6 Å². The SMILES string of the molecule is CCC(CN)Nc1cc(C)ncn1. The zero-order chi connectivity index (χ0) is 9.68. The number of hydrogen-bond donors (Lipinski definition) is 2. The second-order valence-corrected chi connectivity index (χ2v) is 3.03. The van der Waals surface area contributed by atoms with Gasteiger partial charge in [0.15, 0.2) is 0 Å². The Bertz CT molecular complexity index is 258. The lowest BCUT2D eigenvalue weighted by molar-refractivity contribution is 0.699. The fourth-order valence-corrected chi connectivity index (χ4v) is 1.07. The van der Waals surface area contributed by atoms with Crippen LogP contribution in [0.5, 0.6) is 0 Å². The van der Waals surface area contributed by atoms with Crippen molar-refractivity contribution in [3.05, 3.63) is 18.1 Å². The quantitative estimate of drug-likeness (QED) is 0.723. The highest BCUT2D eigenvalue weighted by Crippen LogP contribution is 2.05. The Hall–Kier alpha value is -1.16. The lowest BCUT2D eigenvalue weighted by Gasteiger charge is -2.14. The van der Waals surface area contributed by atoms with E-state index in [4.69, 9.17) is 5.73 Å². The minimum atomic E-state index is 0.300. The van der Waals surface area contributed by atoms with Crippen molar-refractivity contribution < 1.29 is 0 Å². The molecule has 1 atom stereocenters. The Morgan fingerprint density at radius 3 is 2.85 bits per heavy atom. The number of anilines is 1. The van der Waals surface area contributed by atoms with Gasteiger partial charge in [0.1, 0.15) is 12.1 Å². The summed E-state index contributed by atoms with van der Waals surface area (Å²) in [7, 11) is 0. The summed E-state index contributed by atoms with van der Waals surface area (Å²) in [6, 6.07) is 2.22. The third-order valence-electron chi connectivity index (χ3n) is 1.93. The molecule has 0 spiro atoms. The van der Waals surface area contributed by atoms with Crippen LogP contribution in [-0.2, 0) is 0 Å². The summed E-state index contributed by atoms with van der Waals surface area (Å²) in [4.78, 5) is 8.11. The van der Waals surface area contributed by atoms with Gasteiger partial charge >= 0.3 is 0 Å². The maximum absolute atomic E-state index is 5.56. The van der Waals surface area contributed by atoms with Crippen molar-refractivity contribution in [1.29, 1.82) is 0 Å². The first-order valence-electron chi connectivity index (χ1n) is 4.51. The molecule has 0 aliphatic heterocycles.